The number of carboxylic acid groups (broad SMARTS) is 1. The standard InChI is InChI=1S/C13H14N2O3/c16-13(17)12(10-4-2-1-3-5-10)9-14-8-11-6-7-15-18-11/h1-7,12,14H,8-9H2,(H,16,17). The van der Waals surface area contributed by atoms with Crippen LogP contribution >= 0.6 is 0 Å². The Bertz CT molecular complexity index is 482. The first-order valence-electron chi connectivity index (χ1n) is 5.65. The second kappa shape index (κ2) is 5.97. The van der Waals surface area contributed by atoms with Gasteiger partial charge in [-0.3, -0.25) is 4.79 Å². The molecular weight excluding hydrogens is 232 g/mol. The Labute approximate surface area is 104 Å². The SMILES string of the molecule is O=C(O)C(CNCc1ccno1)c1ccccc1. The van der Waals surface area contributed by atoms with E-state index in [1.165, 1.54) is 0 Å². The third-order valence-electron chi connectivity index (χ3n) is 2.64. The molecule has 0 aliphatic rings. The molecule has 1 unspecified atom stereocenters. The normalized spacial score (nSPS) is 12.2. The summed E-state index contributed by atoms with van der Waals surface area (Å²) in [5, 5.41) is 15.8. The number of hydrogen-bond acceptors (Lipinski definition) is 4. The van der Waals surface area contributed by atoms with Crippen LogP contribution in [-0.4, -0.2) is 22.8 Å². The molecule has 1 aromatic carbocycles. The minimum absolute atomic E-state index is 0.347. The highest BCUT2D eigenvalue weighted by Crippen LogP contribution is 2.14. The largest absolute Gasteiger partial charge is 0.481 e. The number of benzene rings is 1. The number of nitrogens with zero attached hydrogens (tertiary/aromatic N) is 1. The van der Waals surface area contributed by atoms with Crippen molar-refractivity contribution in [1.29, 1.82) is 0 Å². The van der Waals surface area contributed by atoms with Gasteiger partial charge in [0.15, 0.2) is 0 Å². The summed E-state index contributed by atoms with van der Waals surface area (Å²) in [7, 11) is 0. The smallest absolute Gasteiger partial charge is 0.312 e. The molecule has 0 radical (unpaired) electrons. The molecule has 94 valence electrons. The van der Waals surface area contributed by atoms with Gasteiger partial charge in [0.1, 0.15) is 5.76 Å². The monoisotopic (exact) mass is 246 g/mol. The second-order valence-electron chi connectivity index (χ2n) is 3.91. The Morgan fingerprint density at radius 2 is 2.11 bits per heavy atom. The van der Waals surface area contributed by atoms with Crippen molar-refractivity contribution in [3.05, 3.63) is 53.9 Å². The number of aliphatic carboxylic acids is 1. The van der Waals surface area contributed by atoms with Crippen LogP contribution in [-0.2, 0) is 11.3 Å². The third kappa shape index (κ3) is 3.18. The third-order valence-corrected chi connectivity index (χ3v) is 2.64. The molecule has 1 aromatic heterocycles. The van der Waals surface area contributed by atoms with Crippen LogP contribution in [0.25, 0.3) is 0 Å². The van der Waals surface area contributed by atoms with E-state index in [0.717, 1.165) is 5.56 Å². The van der Waals surface area contributed by atoms with Crippen molar-refractivity contribution in [2.24, 2.45) is 0 Å². The molecule has 0 aliphatic heterocycles. The minimum atomic E-state index is -0.841. The minimum Gasteiger partial charge on any atom is -0.481 e. The molecule has 18 heavy (non-hydrogen) atoms. The Balaban J connectivity index is 1.93. The van der Waals surface area contributed by atoms with Crippen LogP contribution in [0.4, 0.5) is 0 Å². The molecule has 0 saturated carbocycles. The molecule has 1 heterocycles. The van der Waals surface area contributed by atoms with E-state index in [0.29, 0.717) is 18.8 Å². The first-order chi connectivity index (χ1) is 8.77. The Hall–Kier alpha value is -2.14. The van der Waals surface area contributed by atoms with Crippen LogP contribution in [0, 0.1) is 0 Å². The molecule has 0 bridgehead atoms. The molecule has 0 fully saturated rings. The second-order valence-corrected chi connectivity index (χ2v) is 3.91. The highest BCUT2D eigenvalue weighted by molar-refractivity contribution is 5.76. The van der Waals surface area contributed by atoms with Gasteiger partial charge >= 0.3 is 5.97 Å². The summed E-state index contributed by atoms with van der Waals surface area (Å²) in [4.78, 5) is 11.2. The van der Waals surface area contributed by atoms with Crippen LogP contribution in [0.15, 0.2) is 47.1 Å². The van der Waals surface area contributed by atoms with Gasteiger partial charge in [-0.15, -0.1) is 0 Å². The Morgan fingerprint density at radius 1 is 1.33 bits per heavy atom. The van der Waals surface area contributed by atoms with E-state index in [4.69, 9.17) is 4.52 Å². The maximum absolute atomic E-state index is 11.2. The molecule has 2 N–H and O–H groups in total. The first kappa shape index (κ1) is 12.3. The van der Waals surface area contributed by atoms with Gasteiger partial charge < -0.3 is 14.9 Å². The fraction of sp³-hybridized carbons (Fsp3) is 0.231. The van der Waals surface area contributed by atoms with Gasteiger partial charge in [0.05, 0.1) is 18.7 Å². The lowest BCUT2D eigenvalue weighted by Gasteiger charge is -2.12. The number of nitrogens with one attached hydrogen (secondary N) is 1. The van der Waals surface area contributed by atoms with E-state index in [-0.39, 0.29) is 0 Å². The average Bonchev–Trinajstić information content (AvgIpc) is 2.88. The van der Waals surface area contributed by atoms with Gasteiger partial charge in [0, 0.05) is 12.6 Å². The molecule has 0 aliphatic carbocycles. The van der Waals surface area contributed by atoms with Crippen molar-refractivity contribution in [1.82, 2.24) is 10.5 Å². The van der Waals surface area contributed by atoms with E-state index < -0.39 is 11.9 Å². The van der Waals surface area contributed by atoms with Crippen molar-refractivity contribution >= 4 is 5.97 Å². The first-order valence-corrected chi connectivity index (χ1v) is 5.65. The van der Waals surface area contributed by atoms with E-state index in [9.17, 15) is 9.90 Å². The molecule has 0 amide bonds. The molecule has 5 nitrogen and oxygen atoms in total. The fourth-order valence-corrected chi connectivity index (χ4v) is 1.71. The van der Waals surface area contributed by atoms with Crippen LogP contribution < -0.4 is 5.32 Å². The van der Waals surface area contributed by atoms with Gasteiger partial charge in [-0.2, -0.15) is 0 Å². The van der Waals surface area contributed by atoms with Gasteiger partial charge in [-0.25, -0.2) is 0 Å². The molecule has 0 spiro atoms. The topological polar surface area (TPSA) is 75.4 Å². The predicted octanol–water partition coefficient (Wildman–Crippen LogP) is 1.63. The predicted molar refractivity (Wildman–Crippen MR) is 65.0 cm³/mol. The molecular formula is C13H14N2O3. The summed E-state index contributed by atoms with van der Waals surface area (Å²) in [6.07, 6.45) is 1.56. The van der Waals surface area contributed by atoms with Gasteiger partial charge in [0.25, 0.3) is 0 Å². The van der Waals surface area contributed by atoms with Crippen molar-refractivity contribution in [2.75, 3.05) is 6.54 Å². The zero-order valence-electron chi connectivity index (χ0n) is 9.74. The number of rotatable bonds is 6. The number of hydrogen-bond donors (Lipinski definition) is 2. The van der Waals surface area contributed by atoms with E-state index >= 15 is 0 Å². The quantitative estimate of drug-likeness (QED) is 0.810. The van der Waals surface area contributed by atoms with Gasteiger partial charge in [-0.05, 0) is 5.56 Å². The Kier molecular flexibility index (Phi) is 4.09. The van der Waals surface area contributed by atoms with E-state index in [1.54, 1.807) is 12.3 Å². The molecule has 1 atom stereocenters. The zero-order valence-corrected chi connectivity index (χ0v) is 9.74. The van der Waals surface area contributed by atoms with Crippen LogP contribution in [0.1, 0.15) is 17.2 Å². The van der Waals surface area contributed by atoms with Crippen LogP contribution in [0.2, 0.25) is 0 Å². The Morgan fingerprint density at radius 3 is 2.72 bits per heavy atom. The van der Waals surface area contributed by atoms with E-state index in [2.05, 4.69) is 10.5 Å². The maximum atomic E-state index is 11.2. The lowest BCUT2D eigenvalue weighted by atomic mass is 9.99. The zero-order chi connectivity index (χ0) is 12.8. The maximum Gasteiger partial charge on any atom is 0.312 e. The van der Waals surface area contributed by atoms with Crippen molar-refractivity contribution in [2.45, 2.75) is 12.5 Å². The summed E-state index contributed by atoms with van der Waals surface area (Å²) in [5.74, 6) is -0.715. The molecule has 5 heteroatoms. The number of carbonyl (C=O) groups is 1. The van der Waals surface area contributed by atoms with E-state index in [1.807, 2.05) is 30.3 Å². The number of carboxylic acids is 1. The lowest BCUT2D eigenvalue weighted by Crippen LogP contribution is -2.26. The van der Waals surface area contributed by atoms with Crippen LogP contribution in [0.5, 0.6) is 0 Å². The summed E-state index contributed by atoms with van der Waals surface area (Å²) < 4.78 is 4.92. The summed E-state index contributed by atoms with van der Waals surface area (Å²) in [6, 6.07) is 10.9. The van der Waals surface area contributed by atoms with Crippen molar-refractivity contribution in [3.8, 4) is 0 Å². The van der Waals surface area contributed by atoms with Gasteiger partial charge in [0.2, 0.25) is 0 Å². The van der Waals surface area contributed by atoms with Gasteiger partial charge in [-0.1, -0.05) is 35.5 Å². The molecule has 2 rings (SSSR count). The molecule has 0 saturated heterocycles. The average molecular weight is 246 g/mol. The van der Waals surface area contributed by atoms with Crippen molar-refractivity contribution in [3.63, 3.8) is 0 Å². The fourth-order valence-electron chi connectivity index (χ4n) is 1.71. The lowest BCUT2D eigenvalue weighted by molar-refractivity contribution is -0.138. The summed E-state index contributed by atoms with van der Waals surface area (Å²) in [5.41, 5.74) is 0.787. The summed E-state index contributed by atoms with van der Waals surface area (Å²) >= 11 is 0. The highest BCUT2D eigenvalue weighted by Gasteiger charge is 2.18. The number of aromatic nitrogens is 1. The highest BCUT2D eigenvalue weighted by atomic mass is 16.5. The molecule has 2 aromatic rings. The van der Waals surface area contributed by atoms with Crippen molar-refractivity contribution < 1.29 is 14.4 Å². The summed E-state index contributed by atoms with van der Waals surface area (Å²) in [6.45, 7) is 0.816. The van der Waals surface area contributed by atoms with Crippen LogP contribution in [0.3, 0.4) is 0 Å².